The van der Waals surface area contributed by atoms with E-state index in [4.69, 9.17) is 9.84 Å². The van der Waals surface area contributed by atoms with Crippen molar-refractivity contribution in [2.45, 2.75) is 63.8 Å². The minimum atomic E-state index is -0.823. The van der Waals surface area contributed by atoms with E-state index in [1.54, 1.807) is 0 Å². The molecule has 4 rings (SSSR count). The molecule has 1 saturated carbocycles. The smallest absolute Gasteiger partial charge is 0.407 e. The molecule has 2 aromatic rings. The highest BCUT2D eigenvalue weighted by molar-refractivity contribution is 5.79. The SMILES string of the molecule is CC(CCCC(=O)O)NC(=O)CC1(CNC(=O)OCC2c3ccccc3-c3ccccc32)CCC1. The molecule has 35 heavy (non-hydrogen) atoms. The third-order valence-corrected chi connectivity index (χ3v) is 7.34. The van der Waals surface area contributed by atoms with Crippen molar-refractivity contribution in [3.8, 4) is 11.1 Å². The van der Waals surface area contributed by atoms with E-state index in [0.717, 1.165) is 19.3 Å². The molecule has 1 fully saturated rings. The van der Waals surface area contributed by atoms with Crippen molar-refractivity contribution in [1.29, 1.82) is 0 Å². The Labute approximate surface area is 206 Å². The van der Waals surface area contributed by atoms with Gasteiger partial charge in [-0.2, -0.15) is 0 Å². The van der Waals surface area contributed by atoms with Gasteiger partial charge in [-0.15, -0.1) is 0 Å². The number of ether oxygens (including phenoxy) is 1. The molecule has 0 aromatic heterocycles. The Kier molecular flexibility index (Phi) is 7.73. The molecule has 2 aliphatic rings. The van der Waals surface area contributed by atoms with E-state index in [-0.39, 0.29) is 36.3 Å². The molecule has 1 atom stereocenters. The first kappa shape index (κ1) is 24.8. The zero-order chi connectivity index (χ0) is 24.8. The second-order valence-electron chi connectivity index (χ2n) is 9.96. The summed E-state index contributed by atoms with van der Waals surface area (Å²) in [6, 6.07) is 16.4. The number of carbonyl (C=O) groups is 3. The van der Waals surface area contributed by atoms with Crippen LogP contribution in [0.1, 0.15) is 68.9 Å². The van der Waals surface area contributed by atoms with E-state index in [1.807, 2.05) is 31.2 Å². The Bertz CT molecular complexity index is 1030. The van der Waals surface area contributed by atoms with Crippen LogP contribution in [0.3, 0.4) is 0 Å². The van der Waals surface area contributed by atoms with Crippen LogP contribution in [0.15, 0.2) is 48.5 Å². The van der Waals surface area contributed by atoms with Crippen molar-refractivity contribution in [1.82, 2.24) is 10.6 Å². The van der Waals surface area contributed by atoms with Gasteiger partial charge in [-0.25, -0.2) is 4.79 Å². The number of carbonyl (C=O) groups excluding carboxylic acids is 2. The molecule has 2 amide bonds. The molecule has 186 valence electrons. The zero-order valence-electron chi connectivity index (χ0n) is 20.2. The summed E-state index contributed by atoms with van der Waals surface area (Å²) in [5.41, 5.74) is 4.48. The fraction of sp³-hybridized carbons (Fsp3) is 0.464. The normalized spacial score (nSPS) is 16.4. The highest BCUT2D eigenvalue weighted by Gasteiger charge is 2.39. The Morgan fingerprint density at radius 3 is 2.26 bits per heavy atom. The molecule has 0 spiro atoms. The highest BCUT2D eigenvalue weighted by Crippen LogP contribution is 2.45. The maximum Gasteiger partial charge on any atom is 0.407 e. The monoisotopic (exact) mass is 478 g/mol. The Morgan fingerprint density at radius 2 is 1.69 bits per heavy atom. The van der Waals surface area contributed by atoms with Gasteiger partial charge in [0.2, 0.25) is 5.91 Å². The van der Waals surface area contributed by atoms with Crippen LogP contribution in [-0.4, -0.2) is 42.3 Å². The number of aliphatic carboxylic acids is 1. The highest BCUT2D eigenvalue weighted by atomic mass is 16.5. The summed E-state index contributed by atoms with van der Waals surface area (Å²) >= 11 is 0. The number of benzene rings is 2. The summed E-state index contributed by atoms with van der Waals surface area (Å²) in [5, 5.41) is 14.6. The number of amides is 2. The Morgan fingerprint density at radius 1 is 1.06 bits per heavy atom. The predicted octanol–water partition coefficient (Wildman–Crippen LogP) is 4.85. The maximum atomic E-state index is 12.6. The van der Waals surface area contributed by atoms with Gasteiger partial charge in [0.25, 0.3) is 0 Å². The van der Waals surface area contributed by atoms with Gasteiger partial charge in [0.1, 0.15) is 6.61 Å². The first-order valence-corrected chi connectivity index (χ1v) is 12.5. The van der Waals surface area contributed by atoms with E-state index in [2.05, 4.69) is 34.9 Å². The first-order valence-electron chi connectivity index (χ1n) is 12.5. The van der Waals surface area contributed by atoms with Crippen molar-refractivity contribution in [3.05, 3.63) is 59.7 Å². The van der Waals surface area contributed by atoms with Crippen molar-refractivity contribution in [3.63, 3.8) is 0 Å². The fourth-order valence-electron chi connectivity index (χ4n) is 5.30. The Balaban J connectivity index is 1.25. The predicted molar refractivity (Wildman–Crippen MR) is 133 cm³/mol. The number of rotatable bonds is 11. The number of carboxylic acid groups (broad SMARTS) is 1. The first-order chi connectivity index (χ1) is 16.9. The summed E-state index contributed by atoms with van der Waals surface area (Å²) in [6.45, 7) is 2.56. The maximum absolute atomic E-state index is 12.6. The molecule has 0 saturated heterocycles. The van der Waals surface area contributed by atoms with Gasteiger partial charge in [0.15, 0.2) is 0 Å². The van der Waals surface area contributed by atoms with Gasteiger partial charge >= 0.3 is 12.1 Å². The molecule has 1 unspecified atom stereocenters. The number of alkyl carbamates (subject to hydrolysis) is 1. The average molecular weight is 479 g/mol. The van der Waals surface area contributed by atoms with Crippen molar-refractivity contribution >= 4 is 18.0 Å². The summed E-state index contributed by atoms with van der Waals surface area (Å²) < 4.78 is 5.64. The topological polar surface area (TPSA) is 105 Å². The summed E-state index contributed by atoms with van der Waals surface area (Å²) in [6.07, 6.45) is 3.96. The molecule has 7 nitrogen and oxygen atoms in total. The molecule has 0 aliphatic heterocycles. The van der Waals surface area contributed by atoms with Crippen LogP contribution in [0.5, 0.6) is 0 Å². The lowest BCUT2D eigenvalue weighted by molar-refractivity contribution is -0.137. The van der Waals surface area contributed by atoms with E-state index in [9.17, 15) is 14.4 Å². The fourth-order valence-corrected chi connectivity index (χ4v) is 5.30. The van der Waals surface area contributed by atoms with Crippen LogP contribution in [0.2, 0.25) is 0 Å². The minimum Gasteiger partial charge on any atom is -0.481 e. The van der Waals surface area contributed by atoms with Gasteiger partial charge in [-0.1, -0.05) is 55.0 Å². The van der Waals surface area contributed by atoms with E-state index >= 15 is 0 Å². The van der Waals surface area contributed by atoms with Crippen LogP contribution in [0.25, 0.3) is 11.1 Å². The van der Waals surface area contributed by atoms with Crippen molar-refractivity contribution in [2.75, 3.05) is 13.2 Å². The number of hydrogen-bond donors (Lipinski definition) is 3. The number of fused-ring (bicyclic) bond motifs is 3. The molecular formula is C28H34N2O5. The molecule has 2 aliphatic carbocycles. The lowest BCUT2D eigenvalue weighted by Crippen LogP contribution is -2.46. The van der Waals surface area contributed by atoms with E-state index < -0.39 is 12.1 Å². The van der Waals surface area contributed by atoms with Gasteiger partial charge < -0.3 is 20.5 Å². The molecule has 0 bridgehead atoms. The van der Waals surface area contributed by atoms with Gasteiger partial charge in [0.05, 0.1) is 0 Å². The summed E-state index contributed by atoms with van der Waals surface area (Å²) in [7, 11) is 0. The van der Waals surface area contributed by atoms with Crippen LogP contribution in [0.4, 0.5) is 4.79 Å². The van der Waals surface area contributed by atoms with Crippen LogP contribution < -0.4 is 10.6 Å². The summed E-state index contributed by atoms with van der Waals surface area (Å²) in [4.78, 5) is 35.8. The second kappa shape index (κ2) is 10.9. The second-order valence-corrected chi connectivity index (χ2v) is 9.96. The molecule has 0 heterocycles. The number of nitrogens with one attached hydrogen (secondary N) is 2. The molecule has 7 heteroatoms. The van der Waals surface area contributed by atoms with Gasteiger partial charge in [0, 0.05) is 31.3 Å². The quantitative estimate of drug-likeness (QED) is 0.428. The summed E-state index contributed by atoms with van der Waals surface area (Å²) in [5.74, 6) is -0.864. The minimum absolute atomic E-state index is 0.0132. The van der Waals surface area contributed by atoms with E-state index in [1.165, 1.54) is 22.3 Å². The number of carboxylic acids is 1. The molecule has 0 radical (unpaired) electrons. The van der Waals surface area contributed by atoms with Gasteiger partial charge in [-0.3, -0.25) is 9.59 Å². The third-order valence-electron chi connectivity index (χ3n) is 7.34. The molecule has 3 N–H and O–H groups in total. The van der Waals surface area contributed by atoms with Gasteiger partial charge in [-0.05, 0) is 60.3 Å². The number of hydrogen-bond acceptors (Lipinski definition) is 4. The Hall–Kier alpha value is -3.35. The van der Waals surface area contributed by atoms with Crippen LogP contribution >= 0.6 is 0 Å². The average Bonchev–Trinajstić information content (AvgIpc) is 3.12. The van der Waals surface area contributed by atoms with E-state index in [0.29, 0.717) is 25.8 Å². The van der Waals surface area contributed by atoms with Crippen molar-refractivity contribution in [2.24, 2.45) is 5.41 Å². The van der Waals surface area contributed by atoms with Crippen molar-refractivity contribution < 1.29 is 24.2 Å². The molecular weight excluding hydrogens is 444 g/mol. The zero-order valence-corrected chi connectivity index (χ0v) is 20.2. The standard InChI is InChI=1S/C28H34N2O5/c1-19(8-6-13-26(32)33)30-25(31)16-28(14-7-15-28)18-29-27(34)35-17-24-22-11-4-2-9-20(22)21-10-3-5-12-23(21)24/h2-5,9-12,19,24H,6-8,13-18H2,1H3,(H,29,34)(H,30,31)(H,32,33). The third kappa shape index (κ3) is 6.02. The van der Waals surface area contributed by atoms with Crippen LogP contribution in [-0.2, 0) is 14.3 Å². The van der Waals surface area contributed by atoms with Crippen LogP contribution in [0, 0.1) is 5.41 Å². The lowest BCUT2D eigenvalue weighted by atomic mass is 9.66. The lowest BCUT2D eigenvalue weighted by Gasteiger charge is -2.41. The largest absolute Gasteiger partial charge is 0.481 e. The molecule has 2 aromatic carbocycles.